The highest BCUT2D eigenvalue weighted by molar-refractivity contribution is 8.16. The van der Waals surface area contributed by atoms with Crippen LogP contribution in [0.1, 0.15) is 36.1 Å². The lowest BCUT2D eigenvalue weighted by Crippen LogP contribution is -2.37. The standard InChI is InChI=1S/C26H24F3N3O4S/c1-15-22(24(34)36-3)23(17-7-5-9-20(11-17)35-2)32-19(14-37-25(32)31-15)12-21(33)30-13-16-6-4-8-18(10-16)26(27,28)29/h4-11,14,23H,12-13H2,1-3H3,(H,30,33). The normalized spacial score (nSPS) is 17.1. The number of aliphatic imine (C=N–C) groups is 1. The Hall–Kier alpha value is -3.73. The number of rotatable bonds is 7. The number of nitrogens with zero attached hydrogens (tertiary/aromatic N) is 2. The van der Waals surface area contributed by atoms with Gasteiger partial charge in [-0.2, -0.15) is 13.2 Å². The van der Waals surface area contributed by atoms with Crippen LogP contribution in [0.4, 0.5) is 13.2 Å². The number of allylic oxidation sites excluding steroid dienone is 1. The minimum atomic E-state index is -4.46. The van der Waals surface area contributed by atoms with Crippen molar-refractivity contribution in [3.05, 3.63) is 87.6 Å². The molecule has 2 aliphatic heterocycles. The number of carbonyl (C=O) groups is 2. The zero-order valence-corrected chi connectivity index (χ0v) is 21.1. The smallest absolute Gasteiger partial charge is 0.416 e. The Morgan fingerprint density at radius 1 is 1.14 bits per heavy atom. The summed E-state index contributed by atoms with van der Waals surface area (Å²) >= 11 is 1.32. The number of fused-ring (bicyclic) bond motifs is 1. The van der Waals surface area contributed by atoms with Crippen molar-refractivity contribution >= 4 is 28.8 Å². The zero-order chi connectivity index (χ0) is 26.7. The molecule has 0 aromatic heterocycles. The first-order chi connectivity index (χ1) is 17.6. The Balaban J connectivity index is 1.57. The highest BCUT2D eigenvalue weighted by Crippen LogP contribution is 2.45. The van der Waals surface area contributed by atoms with Gasteiger partial charge in [-0.25, -0.2) is 9.79 Å². The van der Waals surface area contributed by atoms with Gasteiger partial charge in [0.2, 0.25) is 5.91 Å². The van der Waals surface area contributed by atoms with Crippen LogP contribution in [-0.4, -0.2) is 36.2 Å². The molecule has 2 aliphatic rings. The van der Waals surface area contributed by atoms with Gasteiger partial charge in [0.1, 0.15) is 5.75 Å². The molecule has 0 radical (unpaired) electrons. The molecule has 37 heavy (non-hydrogen) atoms. The number of halogens is 3. The maximum absolute atomic E-state index is 13.0. The maximum Gasteiger partial charge on any atom is 0.416 e. The first kappa shape index (κ1) is 26.3. The average Bonchev–Trinajstić information content (AvgIpc) is 3.27. The van der Waals surface area contributed by atoms with Gasteiger partial charge in [0.15, 0.2) is 5.17 Å². The second-order valence-corrected chi connectivity index (χ2v) is 9.15. The van der Waals surface area contributed by atoms with Crippen molar-refractivity contribution in [2.45, 2.75) is 32.1 Å². The van der Waals surface area contributed by atoms with E-state index in [1.54, 1.807) is 37.6 Å². The van der Waals surface area contributed by atoms with Crippen molar-refractivity contribution in [3.63, 3.8) is 0 Å². The second kappa shape index (κ2) is 10.7. The van der Waals surface area contributed by atoms with E-state index < -0.39 is 23.8 Å². The number of amidine groups is 1. The van der Waals surface area contributed by atoms with Gasteiger partial charge in [-0.3, -0.25) is 4.79 Å². The van der Waals surface area contributed by atoms with E-state index in [4.69, 9.17) is 9.47 Å². The number of alkyl halides is 3. The molecule has 2 aromatic rings. The minimum Gasteiger partial charge on any atom is -0.497 e. The number of carbonyl (C=O) groups excluding carboxylic acids is 2. The van der Waals surface area contributed by atoms with Crippen molar-refractivity contribution in [1.82, 2.24) is 10.2 Å². The van der Waals surface area contributed by atoms with Crippen LogP contribution in [0.25, 0.3) is 0 Å². The third-order valence-corrected chi connectivity index (χ3v) is 6.79. The van der Waals surface area contributed by atoms with Crippen molar-refractivity contribution in [2.24, 2.45) is 4.99 Å². The summed E-state index contributed by atoms with van der Waals surface area (Å²) in [6.07, 6.45) is -4.53. The van der Waals surface area contributed by atoms with E-state index in [2.05, 4.69) is 10.3 Å². The van der Waals surface area contributed by atoms with Crippen LogP contribution in [0.15, 0.2) is 75.9 Å². The van der Waals surface area contributed by atoms with Crippen LogP contribution in [0, 0.1) is 0 Å². The monoisotopic (exact) mass is 531 g/mol. The average molecular weight is 532 g/mol. The summed E-state index contributed by atoms with van der Waals surface area (Å²) in [5.74, 6) is -0.334. The summed E-state index contributed by atoms with van der Waals surface area (Å²) in [5.41, 5.74) is 1.72. The SMILES string of the molecule is COC(=O)C1=C(C)N=C2SC=C(CC(=O)NCc3cccc(C(F)(F)F)c3)N2C1c1cccc(OC)c1. The molecule has 0 saturated carbocycles. The summed E-state index contributed by atoms with van der Waals surface area (Å²) in [6, 6.07) is 11.4. The number of hydrogen-bond acceptors (Lipinski definition) is 7. The molecule has 194 valence electrons. The first-order valence-corrected chi connectivity index (χ1v) is 12.1. The molecule has 1 atom stereocenters. The highest BCUT2D eigenvalue weighted by Gasteiger charge is 2.41. The molecule has 0 aliphatic carbocycles. The van der Waals surface area contributed by atoms with Gasteiger partial charge in [0.25, 0.3) is 0 Å². The Kier molecular flexibility index (Phi) is 7.63. The number of esters is 1. The van der Waals surface area contributed by atoms with Gasteiger partial charge in [-0.1, -0.05) is 36.0 Å². The highest BCUT2D eigenvalue weighted by atomic mass is 32.2. The Labute approximate surface area is 216 Å². The zero-order valence-electron chi connectivity index (χ0n) is 20.3. The molecule has 1 amide bonds. The lowest BCUT2D eigenvalue weighted by molar-refractivity contribution is -0.138. The molecule has 7 nitrogen and oxygen atoms in total. The number of thioether (sulfide) groups is 1. The van der Waals surface area contributed by atoms with Crippen molar-refractivity contribution < 1.29 is 32.2 Å². The molecule has 2 heterocycles. The minimum absolute atomic E-state index is 0.0597. The molecule has 1 N–H and O–H groups in total. The van der Waals surface area contributed by atoms with Gasteiger partial charge in [-0.15, -0.1) is 0 Å². The Bertz CT molecular complexity index is 1320. The van der Waals surface area contributed by atoms with Crippen molar-refractivity contribution in [1.29, 1.82) is 0 Å². The van der Waals surface area contributed by atoms with Gasteiger partial charge >= 0.3 is 12.1 Å². The number of amides is 1. The molecule has 11 heteroatoms. The molecule has 0 spiro atoms. The van der Waals surface area contributed by atoms with Crippen LogP contribution in [0.5, 0.6) is 5.75 Å². The fourth-order valence-corrected chi connectivity index (χ4v) is 5.12. The summed E-state index contributed by atoms with van der Waals surface area (Å²) in [5, 5.41) is 5.06. The van der Waals surface area contributed by atoms with Crippen LogP contribution < -0.4 is 10.1 Å². The summed E-state index contributed by atoms with van der Waals surface area (Å²) < 4.78 is 49.4. The van der Waals surface area contributed by atoms with E-state index in [0.29, 0.717) is 33.4 Å². The largest absolute Gasteiger partial charge is 0.497 e. The quantitative estimate of drug-likeness (QED) is 0.497. The molecule has 0 fully saturated rings. The molecular weight excluding hydrogens is 507 g/mol. The Morgan fingerprint density at radius 2 is 1.89 bits per heavy atom. The molecule has 0 saturated heterocycles. The van der Waals surface area contributed by atoms with E-state index in [0.717, 1.165) is 17.7 Å². The second-order valence-electron chi connectivity index (χ2n) is 8.31. The number of benzene rings is 2. The van der Waals surface area contributed by atoms with E-state index in [-0.39, 0.29) is 18.9 Å². The molecule has 4 rings (SSSR count). The maximum atomic E-state index is 13.0. The van der Waals surface area contributed by atoms with E-state index >= 15 is 0 Å². The van der Waals surface area contributed by atoms with Crippen molar-refractivity contribution in [3.8, 4) is 5.75 Å². The fourth-order valence-electron chi connectivity index (χ4n) is 4.15. The molecule has 2 aromatic carbocycles. The topological polar surface area (TPSA) is 80.2 Å². The first-order valence-electron chi connectivity index (χ1n) is 11.2. The number of methoxy groups -OCH3 is 2. The summed E-state index contributed by atoms with van der Waals surface area (Å²) in [4.78, 5) is 32.0. The summed E-state index contributed by atoms with van der Waals surface area (Å²) in [6.45, 7) is 1.67. The molecule has 0 bridgehead atoms. The van der Waals surface area contributed by atoms with Gasteiger partial charge in [0.05, 0.1) is 43.5 Å². The third-order valence-electron chi connectivity index (χ3n) is 5.90. The van der Waals surface area contributed by atoms with Crippen LogP contribution in [0.2, 0.25) is 0 Å². The van der Waals surface area contributed by atoms with E-state index in [1.807, 2.05) is 11.0 Å². The van der Waals surface area contributed by atoms with Gasteiger partial charge < -0.3 is 19.7 Å². The predicted octanol–water partition coefficient (Wildman–Crippen LogP) is 5.17. The number of ether oxygens (including phenoxy) is 2. The fraction of sp³-hybridized carbons (Fsp3) is 0.269. The van der Waals surface area contributed by atoms with E-state index in [9.17, 15) is 22.8 Å². The predicted molar refractivity (Wildman–Crippen MR) is 133 cm³/mol. The third kappa shape index (κ3) is 5.66. The number of hydrogen-bond donors (Lipinski definition) is 1. The van der Waals surface area contributed by atoms with Crippen molar-refractivity contribution in [2.75, 3.05) is 14.2 Å². The molecular formula is C26H24F3N3O4S. The van der Waals surface area contributed by atoms with E-state index in [1.165, 1.54) is 31.0 Å². The number of nitrogens with one attached hydrogen (secondary N) is 1. The van der Waals surface area contributed by atoms with Gasteiger partial charge in [-0.05, 0) is 47.7 Å². The lowest BCUT2D eigenvalue weighted by atomic mass is 9.93. The Morgan fingerprint density at radius 3 is 2.59 bits per heavy atom. The van der Waals surface area contributed by atoms with Crippen LogP contribution >= 0.6 is 11.8 Å². The summed E-state index contributed by atoms with van der Waals surface area (Å²) in [7, 11) is 2.84. The van der Waals surface area contributed by atoms with Gasteiger partial charge in [0, 0.05) is 12.2 Å². The van der Waals surface area contributed by atoms with Crippen LogP contribution in [-0.2, 0) is 27.0 Å². The van der Waals surface area contributed by atoms with Crippen LogP contribution in [0.3, 0.4) is 0 Å². The lowest BCUT2D eigenvalue weighted by Gasteiger charge is -2.36. The molecule has 1 unspecified atom stereocenters.